The van der Waals surface area contributed by atoms with Gasteiger partial charge in [-0.05, 0) is 117 Å². The second-order valence-electron chi connectivity index (χ2n) is 14.8. The molecule has 4 aliphatic heterocycles. The van der Waals surface area contributed by atoms with E-state index >= 15 is 0 Å². The molecule has 0 amide bonds. The molecular weight excluding hydrogens is 766 g/mol. The molecule has 5 heterocycles. The summed E-state index contributed by atoms with van der Waals surface area (Å²) in [7, 11) is 2.60. The highest BCUT2D eigenvalue weighted by Crippen LogP contribution is 2.40. The summed E-state index contributed by atoms with van der Waals surface area (Å²) < 4.78 is 59.3. The van der Waals surface area contributed by atoms with Crippen molar-refractivity contribution in [1.29, 1.82) is 0 Å². The Balaban J connectivity index is 1.84. The highest BCUT2D eigenvalue weighted by molar-refractivity contribution is 6.24. The molecule has 14 heteroatoms. The molecule has 0 aromatic carbocycles. The Labute approximate surface area is 341 Å². The van der Waals surface area contributed by atoms with Crippen molar-refractivity contribution in [2.45, 2.75) is 112 Å². The van der Waals surface area contributed by atoms with Crippen molar-refractivity contribution in [3.05, 3.63) is 96.3 Å². The van der Waals surface area contributed by atoms with Crippen molar-refractivity contribution in [3.8, 4) is 0 Å². The van der Waals surface area contributed by atoms with Gasteiger partial charge in [0.15, 0.2) is 0 Å². The molecule has 59 heavy (non-hydrogen) atoms. The number of carbonyl (C=O) groups is 3. The lowest BCUT2D eigenvalue weighted by molar-refractivity contribution is -0.209. The Kier molecular flexibility index (Phi) is 14.2. The number of ether oxygens (including phenoxy) is 3. The number of aliphatic imine (C=N–C) groups is 3. The number of esters is 3. The molecule has 1 atom stereocenters. The summed E-state index contributed by atoms with van der Waals surface area (Å²) >= 11 is 0. The number of nitrogens with one attached hydrogen (secondary N) is 1. The number of aromatic nitrogens is 1. The zero-order chi connectivity index (χ0) is 43.2. The zero-order valence-electron chi connectivity index (χ0n) is 34.8. The smallest absolute Gasteiger partial charge is 0.429 e. The van der Waals surface area contributed by atoms with E-state index in [2.05, 4.69) is 11.9 Å². The third-order valence-corrected chi connectivity index (χ3v) is 10.7. The van der Waals surface area contributed by atoms with Gasteiger partial charge in [-0.25, -0.2) is 15.0 Å². The van der Waals surface area contributed by atoms with Gasteiger partial charge in [0.05, 0.1) is 54.2 Å². The van der Waals surface area contributed by atoms with Gasteiger partial charge in [0.1, 0.15) is 0 Å². The normalized spacial score (nSPS) is 17.6. The first kappa shape index (κ1) is 44.3. The Bertz CT molecular complexity index is 2380. The average molecular weight is 817 g/mol. The van der Waals surface area contributed by atoms with Crippen LogP contribution in [0.15, 0.2) is 89.5 Å². The van der Waals surface area contributed by atoms with Crippen molar-refractivity contribution in [3.63, 3.8) is 0 Å². The summed E-state index contributed by atoms with van der Waals surface area (Å²) in [6.45, 7) is 10.1. The van der Waals surface area contributed by atoms with Gasteiger partial charge < -0.3 is 24.3 Å². The highest BCUT2D eigenvalue weighted by atomic mass is 19.4. The maximum absolute atomic E-state index is 14.8. The van der Waals surface area contributed by atoms with E-state index in [1.165, 1.54) is 27.2 Å². The topological polar surface area (TPSA) is 152 Å². The Hall–Kier alpha value is -5.79. The standard InChI is InChI=1S/C45H51F3N4O7/c1-9-10-11-12-13-29(54)14-15-30-24(2)33-20-34-25(3)31(16-18-41(55)57-7)38(50-34)23-39-32(17-19-42(56)58-8)26(4)35(51-39)22-40-43(44(45(46,47)48)59-28(6)53)27(5)36(52-40)21-37(30)49-33/h14-15,20-23,44,49,54H,9-13,16-19H2,1-8H3/b29-14-,30-15+,34-20?,37-21?,39-23?,40-22?. The largest absolute Gasteiger partial charge is 0.512 e. The van der Waals surface area contributed by atoms with Crippen LogP contribution >= 0.6 is 0 Å². The van der Waals surface area contributed by atoms with Crippen molar-refractivity contribution in [2.24, 2.45) is 15.0 Å². The molecule has 0 spiro atoms. The monoisotopic (exact) mass is 816 g/mol. The first-order valence-corrected chi connectivity index (χ1v) is 19.7. The summed E-state index contributed by atoms with van der Waals surface area (Å²) in [6.07, 6.45) is 7.44. The number of H-pyrrole nitrogens is 1. The number of halogens is 3. The number of methoxy groups -OCH3 is 2. The Morgan fingerprint density at radius 1 is 0.780 bits per heavy atom. The molecule has 11 nitrogen and oxygen atoms in total. The number of aromatic amines is 1. The molecule has 8 bridgehead atoms. The lowest BCUT2D eigenvalue weighted by Crippen LogP contribution is -2.36. The Morgan fingerprint density at radius 3 is 2.02 bits per heavy atom. The number of unbranched alkanes of at least 4 members (excludes halogenated alkanes) is 3. The molecule has 1 aromatic heterocycles. The molecule has 0 saturated heterocycles. The van der Waals surface area contributed by atoms with Crippen LogP contribution in [0.4, 0.5) is 13.2 Å². The number of hydrogen-bond donors (Lipinski definition) is 2. The lowest BCUT2D eigenvalue weighted by Gasteiger charge is -2.22. The van der Waals surface area contributed by atoms with E-state index in [1.54, 1.807) is 31.2 Å². The number of aliphatic hydroxyl groups excluding tert-OH is 1. The summed E-state index contributed by atoms with van der Waals surface area (Å²) in [4.78, 5) is 54.9. The fourth-order valence-electron chi connectivity index (χ4n) is 7.36. The fraction of sp³-hybridized carbons (Fsp3) is 0.422. The van der Waals surface area contributed by atoms with Crippen LogP contribution in [-0.2, 0) is 28.6 Å². The number of aliphatic hydroxyl groups is 1. The number of fused-ring (bicyclic) bond motifs is 5. The molecule has 314 valence electrons. The van der Waals surface area contributed by atoms with Crippen molar-refractivity contribution < 1.29 is 46.9 Å². The van der Waals surface area contributed by atoms with E-state index in [-0.39, 0.29) is 53.3 Å². The molecule has 0 aliphatic carbocycles. The van der Waals surface area contributed by atoms with Crippen LogP contribution in [0.2, 0.25) is 0 Å². The maximum Gasteiger partial charge on any atom is 0.429 e. The average Bonchev–Trinajstić information content (AvgIpc) is 3.85. The van der Waals surface area contributed by atoms with E-state index in [1.807, 2.05) is 19.9 Å². The van der Waals surface area contributed by atoms with Crippen LogP contribution < -0.4 is 10.6 Å². The summed E-state index contributed by atoms with van der Waals surface area (Å²) in [5, 5.41) is 12.0. The first-order chi connectivity index (χ1) is 28.0. The van der Waals surface area contributed by atoms with E-state index in [9.17, 15) is 32.7 Å². The van der Waals surface area contributed by atoms with Gasteiger partial charge in [-0.1, -0.05) is 26.2 Å². The van der Waals surface area contributed by atoms with E-state index in [0.717, 1.165) is 49.3 Å². The molecule has 1 aromatic rings. The third kappa shape index (κ3) is 10.3. The number of carbonyl (C=O) groups excluding carboxylic acids is 3. The second kappa shape index (κ2) is 18.9. The molecule has 0 radical (unpaired) electrons. The highest BCUT2D eigenvalue weighted by Gasteiger charge is 2.48. The molecular formula is C45H51F3N4O7. The van der Waals surface area contributed by atoms with Gasteiger partial charge in [-0.2, -0.15) is 13.2 Å². The minimum atomic E-state index is -4.99. The van der Waals surface area contributed by atoms with Gasteiger partial charge in [-0.15, -0.1) is 0 Å². The van der Waals surface area contributed by atoms with Crippen LogP contribution in [0.3, 0.4) is 0 Å². The van der Waals surface area contributed by atoms with Crippen molar-refractivity contribution in [2.75, 3.05) is 14.2 Å². The van der Waals surface area contributed by atoms with Crippen LogP contribution in [0.5, 0.6) is 0 Å². The number of allylic oxidation sites excluding steroid dienone is 9. The molecule has 0 saturated carbocycles. The predicted molar refractivity (Wildman–Crippen MR) is 222 cm³/mol. The molecule has 2 N–H and O–H groups in total. The molecule has 0 fully saturated rings. The summed E-state index contributed by atoms with van der Waals surface area (Å²) in [5.74, 6) is -1.79. The number of hydrogen-bond acceptors (Lipinski definition) is 10. The summed E-state index contributed by atoms with van der Waals surface area (Å²) in [5.41, 5.74) is 5.93. The Morgan fingerprint density at radius 2 is 1.39 bits per heavy atom. The minimum Gasteiger partial charge on any atom is -0.512 e. The van der Waals surface area contributed by atoms with E-state index < -0.39 is 30.2 Å². The minimum absolute atomic E-state index is 0.00504. The number of rotatable bonds is 14. The van der Waals surface area contributed by atoms with Crippen LogP contribution in [0.1, 0.15) is 104 Å². The van der Waals surface area contributed by atoms with Gasteiger partial charge in [0, 0.05) is 48.0 Å². The quantitative estimate of drug-likeness (QED) is 0.0833. The summed E-state index contributed by atoms with van der Waals surface area (Å²) in [6, 6.07) is 0. The second-order valence-corrected chi connectivity index (χ2v) is 14.8. The van der Waals surface area contributed by atoms with E-state index in [4.69, 9.17) is 29.2 Å². The SMILES string of the molecule is CCCCCC/C(O)=C/C=c1\c(C)c2[nH]c1=CC1=NC(=CC3=NC(=CC4=NC(=C2)C(C)=C4CCC(=O)OC)C(CCC(=O)OC)=C3C)C(C(OC(C)=O)C(F)(F)F)=C1C. The zero-order valence-corrected chi connectivity index (χ0v) is 34.8. The molecule has 1 unspecified atom stereocenters. The third-order valence-electron chi connectivity index (χ3n) is 10.7. The van der Waals surface area contributed by atoms with E-state index in [0.29, 0.717) is 57.4 Å². The van der Waals surface area contributed by atoms with Gasteiger partial charge in [0.25, 0.3) is 0 Å². The number of alkyl halides is 3. The molecule has 5 rings (SSSR count). The molecule has 4 aliphatic rings. The maximum atomic E-state index is 14.8. The van der Waals surface area contributed by atoms with Crippen molar-refractivity contribution in [1.82, 2.24) is 4.98 Å². The van der Waals surface area contributed by atoms with Crippen LogP contribution in [-0.4, -0.2) is 71.6 Å². The predicted octanol–water partition coefficient (Wildman–Crippen LogP) is 8.13. The van der Waals surface area contributed by atoms with Gasteiger partial charge in [-0.3, -0.25) is 14.4 Å². The lowest BCUT2D eigenvalue weighted by atomic mass is 9.95. The van der Waals surface area contributed by atoms with Gasteiger partial charge in [0.2, 0.25) is 6.10 Å². The van der Waals surface area contributed by atoms with Gasteiger partial charge >= 0.3 is 24.1 Å². The van der Waals surface area contributed by atoms with Crippen LogP contribution in [0, 0.1) is 6.92 Å². The number of nitrogens with zero attached hydrogens (tertiary/aromatic N) is 3. The first-order valence-electron chi connectivity index (χ1n) is 19.7. The fourth-order valence-corrected chi connectivity index (χ4v) is 7.36. The van der Waals surface area contributed by atoms with Crippen molar-refractivity contribution >= 4 is 53.3 Å². The van der Waals surface area contributed by atoms with Crippen LogP contribution in [0.25, 0.3) is 18.2 Å².